The van der Waals surface area contributed by atoms with Gasteiger partial charge >= 0.3 is 0 Å². The van der Waals surface area contributed by atoms with E-state index in [1.165, 1.54) is 31.4 Å². The summed E-state index contributed by atoms with van der Waals surface area (Å²) < 4.78 is 0. The summed E-state index contributed by atoms with van der Waals surface area (Å²) in [6.45, 7) is 10.5. The van der Waals surface area contributed by atoms with Crippen molar-refractivity contribution in [3.8, 4) is 0 Å². The van der Waals surface area contributed by atoms with Crippen molar-refractivity contribution in [1.82, 2.24) is 5.32 Å². The van der Waals surface area contributed by atoms with Gasteiger partial charge in [0.15, 0.2) is 0 Å². The van der Waals surface area contributed by atoms with Crippen molar-refractivity contribution in [2.24, 2.45) is 0 Å². The second-order valence-corrected chi connectivity index (χ2v) is 3.71. The van der Waals surface area contributed by atoms with E-state index in [4.69, 9.17) is 0 Å². The van der Waals surface area contributed by atoms with E-state index < -0.39 is 0 Å². The molecule has 0 aromatic rings. The van der Waals surface area contributed by atoms with Crippen LogP contribution >= 0.6 is 0 Å². The highest BCUT2D eigenvalue weighted by atomic mass is 14.9. The Morgan fingerprint density at radius 1 is 1.25 bits per heavy atom. The van der Waals surface area contributed by atoms with Gasteiger partial charge in [-0.05, 0) is 26.7 Å². The van der Waals surface area contributed by atoms with Crippen LogP contribution in [-0.2, 0) is 0 Å². The Hall–Kier alpha value is -0.460. The van der Waals surface area contributed by atoms with Gasteiger partial charge in [0.05, 0.1) is 0 Å². The lowest BCUT2D eigenvalue weighted by Gasteiger charge is -2.12. The molecule has 12 heavy (non-hydrogen) atoms. The molecule has 0 aromatic heterocycles. The number of unbranched alkanes of at least 4 members (excludes halogenated alkanes) is 3. The first-order valence-corrected chi connectivity index (χ1v) is 5.11. The highest BCUT2D eigenvalue weighted by molar-refractivity contribution is 4.91. The number of hydrogen-bond donors (Lipinski definition) is 1. The van der Waals surface area contributed by atoms with E-state index in [-0.39, 0.29) is 0 Å². The molecule has 0 rings (SSSR count). The highest BCUT2D eigenvalue weighted by Gasteiger charge is 1.95. The normalized spacial score (nSPS) is 10.3. The Balaban J connectivity index is 3.20. The van der Waals surface area contributed by atoms with Crippen molar-refractivity contribution >= 4 is 0 Å². The Labute approximate surface area is 77.2 Å². The molecule has 0 aliphatic heterocycles. The van der Waals surface area contributed by atoms with Crippen LogP contribution in [0.3, 0.4) is 0 Å². The van der Waals surface area contributed by atoms with Crippen molar-refractivity contribution < 1.29 is 0 Å². The molecule has 1 N–H and O–H groups in total. The zero-order valence-corrected chi connectivity index (χ0v) is 8.82. The third-order valence-electron chi connectivity index (χ3n) is 1.82. The molecule has 72 valence electrons. The van der Waals surface area contributed by atoms with Gasteiger partial charge in [0.2, 0.25) is 0 Å². The predicted molar refractivity (Wildman–Crippen MR) is 56.2 cm³/mol. The van der Waals surface area contributed by atoms with Crippen LogP contribution in [0.5, 0.6) is 0 Å². The van der Waals surface area contributed by atoms with Crippen LogP contribution in [0.1, 0.15) is 52.9 Å². The Bertz CT molecular complexity index is 116. The molecule has 0 aliphatic rings. The van der Waals surface area contributed by atoms with Gasteiger partial charge in [-0.3, -0.25) is 0 Å². The topological polar surface area (TPSA) is 12.0 Å². The fourth-order valence-electron chi connectivity index (χ4n) is 1.25. The molecule has 0 radical (unpaired) electrons. The van der Waals surface area contributed by atoms with Crippen molar-refractivity contribution in [2.75, 3.05) is 0 Å². The SMILES string of the molecule is C=C(CCCCCC)NC(C)C. The van der Waals surface area contributed by atoms with Gasteiger partial charge in [-0.25, -0.2) is 0 Å². The minimum absolute atomic E-state index is 0.531. The van der Waals surface area contributed by atoms with Crippen molar-refractivity contribution in [2.45, 2.75) is 58.9 Å². The second kappa shape index (κ2) is 7.20. The molecule has 0 spiro atoms. The molecule has 0 atom stereocenters. The van der Waals surface area contributed by atoms with Crippen molar-refractivity contribution in [3.05, 3.63) is 12.3 Å². The van der Waals surface area contributed by atoms with Gasteiger partial charge in [0.1, 0.15) is 0 Å². The second-order valence-electron chi connectivity index (χ2n) is 3.71. The maximum Gasteiger partial charge on any atom is 0.0201 e. The summed E-state index contributed by atoms with van der Waals surface area (Å²) in [6.07, 6.45) is 6.43. The van der Waals surface area contributed by atoms with Crippen LogP contribution in [0.15, 0.2) is 12.3 Å². The molecular weight excluding hydrogens is 146 g/mol. The lowest BCUT2D eigenvalue weighted by Crippen LogP contribution is -2.21. The zero-order valence-electron chi connectivity index (χ0n) is 8.82. The maximum atomic E-state index is 3.98. The lowest BCUT2D eigenvalue weighted by atomic mass is 10.1. The molecule has 1 heteroatoms. The minimum atomic E-state index is 0.531. The summed E-state index contributed by atoms with van der Waals surface area (Å²) >= 11 is 0. The van der Waals surface area contributed by atoms with E-state index in [1.807, 2.05) is 0 Å². The van der Waals surface area contributed by atoms with Gasteiger partial charge < -0.3 is 5.32 Å². The average molecular weight is 169 g/mol. The Morgan fingerprint density at radius 2 is 1.92 bits per heavy atom. The minimum Gasteiger partial charge on any atom is -0.387 e. The van der Waals surface area contributed by atoms with E-state index in [9.17, 15) is 0 Å². The molecular formula is C11H23N. The van der Waals surface area contributed by atoms with E-state index >= 15 is 0 Å². The first kappa shape index (κ1) is 11.5. The fraction of sp³-hybridized carbons (Fsp3) is 0.818. The molecule has 0 aliphatic carbocycles. The molecule has 0 saturated heterocycles. The van der Waals surface area contributed by atoms with Gasteiger partial charge in [-0.2, -0.15) is 0 Å². The summed E-state index contributed by atoms with van der Waals surface area (Å²) in [5, 5.41) is 3.33. The molecule has 0 unspecified atom stereocenters. The lowest BCUT2D eigenvalue weighted by molar-refractivity contribution is 0.603. The fourth-order valence-corrected chi connectivity index (χ4v) is 1.25. The molecule has 0 bridgehead atoms. The van der Waals surface area contributed by atoms with Crippen LogP contribution in [0.25, 0.3) is 0 Å². The quantitative estimate of drug-likeness (QED) is 0.575. The van der Waals surface area contributed by atoms with Crippen LogP contribution in [0.4, 0.5) is 0 Å². The first-order chi connectivity index (χ1) is 5.66. The summed E-state index contributed by atoms with van der Waals surface area (Å²) in [7, 11) is 0. The predicted octanol–water partition coefficient (Wildman–Crippen LogP) is 3.47. The summed E-state index contributed by atoms with van der Waals surface area (Å²) in [5.41, 5.74) is 1.20. The number of nitrogens with one attached hydrogen (secondary N) is 1. The van der Waals surface area contributed by atoms with E-state index in [0.717, 1.165) is 6.42 Å². The third-order valence-corrected chi connectivity index (χ3v) is 1.82. The standard InChI is InChI=1S/C11H23N/c1-5-6-7-8-9-11(4)12-10(2)3/h10,12H,4-9H2,1-3H3. The van der Waals surface area contributed by atoms with Crippen LogP contribution < -0.4 is 5.32 Å². The van der Waals surface area contributed by atoms with Gasteiger partial charge in [0.25, 0.3) is 0 Å². The van der Waals surface area contributed by atoms with E-state index in [1.54, 1.807) is 0 Å². The van der Waals surface area contributed by atoms with Gasteiger partial charge in [-0.15, -0.1) is 0 Å². The average Bonchev–Trinajstić information content (AvgIpc) is 1.97. The Morgan fingerprint density at radius 3 is 2.42 bits per heavy atom. The summed E-state index contributed by atoms with van der Waals surface area (Å²) in [5.74, 6) is 0. The molecule has 0 fully saturated rings. The highest BCUT2D eigenvalue weighted by Crippen LogP contribution is 2.06. The van der Waals surface area contributed by atoms with Crippen molar-refractivity contribution in [1.29, 1.82) is 0 Å². The maximum absolute atomic E-state index is 3.98. The molecule has 0 saturated carbocycles. The number of hydrogen-bond acceptors (Lipinski definition) is 1. The molecule has 0 heterocycles. The monoisotopic (exact) mass is 169 g/mol. The molecule has 1 nitrogen and oxygen atoms in total. The smallest absolute Gasteiger partial charge is 0.0201 e. The van der Waals surface area contributed by atoms with Gasteiger partial charge in [0, 0.05) is 11.7 Å². The molecule has 0 amide bonds. The van der Waals surface area contributed by atoms with E-state index in [0.29, 0.717) is 6.04 Å². The Kier molecular flexibility index (Phi) is 6.93. The van der Waals surface area contributed by atoms with Crippen molar-refractivity contribution in [3.63, 3.8) is 0 Å². The summed E-state index contributed by atoms with van der Waals surface area (Å²) in [4.78, 5) is 0. The van der Waals surface area contributed by atoms with E-state index in [2.05, 4.69) is 32.7 Å². The van der Waals surface area contributed by atoms with Crippen LogP contribution in [-0.4, -0.2) is 6.04 Å². The third kappa shape index (κ3) is 7.64. The van der Waals surface area contributed by atoms with Gasteiger partial charge in [-0.1, -0.05) is 32.8 Å². The molecule has 0 aromatic carbocycles. The van der Waals surface area contributed by atoms with Crippen LogP contribution in [0, 0.1) is 0 Å². The van der Waals surface area contributed by atoms with Crippen LogP contribution in [0.2, 0.25) is 0 Å². The zero-order chi connectivity index (χ0) is 9.40. The number of rotatable bonds is 7. The largest absolute Gasteiger partial charge is 0.387 e. The first-order valence-electron chi connectivity index (χ1n) is 5.11. The summed E-state index contributed by atoms with van der Waals surface area (Å²) in [6, 6.07) is 0.531. The number of allylic oxidation sites excluding steroid dienone is 1.